The van der Waals surface area contributed by atoms with Crippen LogP contribution in [0.1, 0.15) is 35.7 Å². The smallest absolute Gasteiger partial charge is 0.252 e. The van der Waals surface area contributed by atoms with Crippen molar-refractivity contribution >= 4 is 21.8 Å². The number of hydrogen-bond donors (Lipinski definition) is 1. The second-order valence-electron chi connectivity index (χ2n) is 5.44. The van der Waals surface area contributed by atoms with Gasteiger partial charge in [-0.15, -0.1) is 0 Å². The van der Waals surface area contributed by atoms with Crippen molar-refractivity contribution in [3.63, 3.8) is 0 Å². The largest absolute Gasteiger partial charge is 0.350 e. The highest BCUT2D eigenvalue weighted by molar-refractivity contribution is 9.10. The number of benzene rings is 1. The van der Waals surface area contributed by atoms with Crippen molar-refractivity contribution in [2.75, 3.05) is 13.6 Å². The molecule has 19 heavy (non-hydrogen) atoms. The summed E-state index contributed by atoms with van der Waals surface area (Å²) < 4.78 is 0.846. The van der Waals surface area contributed by atoms with Crippen LogP contribution in [-0.4, -0.2) is 36.5 Å². The van der Waals surface area contributed by atoms with E-state index in [4.69, 9.17) is 0 Å². The summed E-state index contributed by atoms with van der Waals surface area (Å²) in [7, 11) is 2.14. The van der Waals surface area contributed by atoms with Crippen LogP contribution in [0.2, 0.25) is 0 Å². The van der Waals surface area contributed by atoms with Gasteiger partial charge in [0.15, 0.2) is 0 Å². The molecule has 1 saturated carbocycles. The zero-order valence-corrected chi connectivity index (χ0v) is 13.3. The lowest BCUT2D eigenvalue weighted by atomic mass is 10.1. The minimum absolute atomic E-state index is 0.00776. The first-order chi connectivity index (χ1) is 8.99. The second-order valence-corrected chi connectivity index (χ2v) is 6.29. The van der Waals surface area contributed by atoms with Crippen LogP contribution in [0.3, 0.4) is 0 Å². The zero-order valence-electron chi connectivity index (χ0n) is 11.7. The molecule has 1 unspecified atom stereocenters. The molecule has 104 valence electrons. The van der Waals surface area contributed by atoms with Crippen molar-refractivity contribution in [3.8, 4) is 0 Å². The molecular formula is C15H21BrN2O. The van der Waals surface area contributed by atoms with E-state index in [0.717, 1.165) is 16.1 Å². The normalized spacial score (nSPS) is 16.5. The highest BCUT2D eigenvalue weighted by atomic mass is 79.9. The lowest BCUT2D eigenvalue weighted by Gasteiger charge is -2.24. The average molecular weight is 325 g/mol. The highest BCUT2D eigenvalue weighted by Crippen LogP contribution is 2.26. The third-order valence-corrected chi connectivity index (χ3v) is 4.43. The Hall–Kier alpha value is -0.870. The maximum atomic E-state index is 12.2. The molecule has 1 atom stereocenters. The molecule has 1 aromatic rings. The number of amides is 1. The summed E-state index contributed by atoms with van der Waals surface area (Å²) in [6, 6.07) is 6.92. The van der Waals surface area contributed by atoms with Crippen LogP contribution in [0.25, 0.3) is 0 Å². The first-order valence-electron chi connectivity index (χ1n) is 6.75. The number of nitrogens with one attached hydrogen (secondary N) is 1. The van der Waals surface area contributed by atoms with Crippen LogP contribution >= 0.6 is 15.9 Å². The average Bonchev–Trinajstić information content (AvgIpc) is 3.21. The molecule has 0 saturated heterocycles. The third-order valence-electron chi connectivity index (χ3n) is 3.74. The quantitative estimate of drug-likeness (QED) is 0.903. The van der Waals surface area contributed by atoms with E-state index in [1.54, 1.807) is 0 Å². The Morgan fingerprint density at radius 2 is 2.21 bits per heavy atom. The Labute approximate surface area is 123 Å². The van der Waals surface area contributed by atoms with Gasteiger partial charge >= 0.3 is 0 Å². The minimum Gasteiger partial charge on any atom is -0.350 e. The van der Waals surface area contributed by atoms with Crippen molar-refractivity contribution in [2.24, 2.45) is 0 Å². The van der Waals surface area contributed by atoms with E-state index < -0.39 is 0 Å². The maximum Gasteiger partial charge on any atom is 0.252 e. The number of aryl methyl sites for hydroxylation is 1. The predicted molar refractivity (Wildman–Crippen MR) is 81.5 cm³/mol. The summed E-state index contributed by atoms with van der Waals surface area (Å²) in [5.41, 5.74) is 1.80. The number of carbonyl (C=O) groups excluding carboxylic acids is 1. The monoisotopic (exact) mass is 324 g/mol. The van der Waals surface area contributed by atoms with E-state index in [9.17, 15) is 4.79 Å². The van der Waals surface area contributed by atoms with Gasteiger partial charge in [0.05, 0.1) is 5.56 Å². The Balaban J connectivity index is 1.91. The van der Waals surface area contributed by atoms with Crippen LogP contribution in [0.5, 0.6) is 0 Å². The van der Waals surface area contributed by atoms with E-state index in [1.807, 2.05) is 25.1 Å². The van der Waals surface area contributed by atoms with Gasteiger partial charge in [-0.1, -0.05) is 11.6 Å². The second kappa shape index (κ2) is 6.06. The van der Waals surface area contributed by atoms with Crippen molar-refractivity contribution in [2.45, 2.75) is 38.8 Å². The molecule has 1 fully saturated rings. The number of halogens is 1. The third kappa shape index (κ3) is 3.80. The fraction of sp³-hybridized carbons (Fsp3) is 0.533. The van der Waals surface area contributed by atoms with Gasteiger partial charge in [0.25, 0.3) is 5.91 Å². The molecule has 1 aliphatic carbocycles. The molecule has 0 spiro atoms. The van der Waals surface area contributed by atoms with Crippen LogP contribution in [-0.2, 0) is 0 Å². The van der Waals surface area contributed by atoms with E-state index in [0.29, 0.717) is 18.2 Å². The number of carbonyl (C=O) groups is 1. The van der Waals surface area contributed by atoms with Gasteiger partial charge in [-0.2, -0.15) is 0 Å². The summed E-state index contributed by atoms with van der Waals surface area (Å²) in [6.45, 7) is 4.84. The Morgan fingerprint density at radius 1 is 1.53 bits per heavy atom. The highest BCUT2D eigenvalue weighted by Gasteiger charge is 2.29. The molecule has 1 aliphatic rings. The molecule has 2 rings (SSSR count). The molecule has 0 aliphatic heterocycles. The van der Waals surface area contributed by atoms with Crippen molar-refractivity contribution < 1.29 is 4.79 Å². The number of nitrogens with zero attached hydrogens (tertiary/aromatic N) is 1. The SMILES string of the molecule is Cc1ccc(Br)c(C(=O)NCC(C)N(C)C2CC2)c1. The predicted octanol–water partition coefficient (Wildman–Crippen LogP) is 2.97. The van der Waals surface area contributed by atoms with E-state index in [1.165, 1.54) is 12.8 Å². The van der Waals surface area contributed by atoms with Crippen LogP contribution in [0, 0.1) is 6.92 Å². The van der Waals surface area contributed by atoms with Crippen molar-refractivity contribution in [1.82, 2.24) is 10.2 Å². The number of hydrogen-bond acceptors (Lipinski definition) is 2. The first kappa shape index (κ1) is 14.5. The van der Waals surface area contributed by atoms with Gasteiger partial charge in [0.2, 0.25) is 0 Å². The molecule has 0 radical (unpaired) electrons. The van der Waals surface area contributed by atoms with Gasteiger partial charge in [0, 0.05) is 23.1 Å². The number of likely N-dealkylation sites (N-methyl/N-ethyl adjacent to an activating group) is 1. The molecule has 4 heteroatoms. The van der Waals surface area contributed by atoms with Crippen LogP contribution in [0.4, 0.5) is 0 Å². The van der Waals surface area contributed by atoms with E-state index >= 15 is 0 Å². The molecule has 1 aromatic carbocycles. The summed E-state index contributed by atoms with van der Waals surface area (Å²) in [4.78, 5) is 14.5. The maximum absolute atomic E-state index is 12.2. The summed E-state index contributed by atoms with van der Waals surface area (Å²) in [6.07, 6.45) is 2.58. The Kier molecular flexibility index (Phi) is 4.63. The Morgan fingerprint density at radius 3 is 2.84 bits per heavy atom. The molecule has 0 aromatic heterocycles. The zero-order chi connectivity index (χ0) is 14.0. The van der Waals surface area contributed by atoms with E-state index in [2.05, 4.69) is 40.1 Å². The van der Waals surface area contributed by atoms with Gasteiger partial charge < -0.3 is 5.32 Å². The fourth-order valence-corrected chi connectivity index (χ4v) is 2.56. The van der Waals surface area contributed by atoms with Crippen molar-refractivity contribution in [1.29, 1.82) is 0 Å². The Bertz CT molecular complexity index is 471. The van der Waals surface area contributed by atoms with Crippen molar-refractivity contribution in [3.05, 3.63) is 33.8 Å². The summed E-state index contributed by atoms with van der Waals surface area (Å²) in [5, 5.41) is 3.02. The standard InChI is InChI=1S/C15H21BrN2O/c1-10-4-7-14(16)13(8-10)15(19)17-9-11(2)18(3)12-5-6-12/h4,7-8,11-12H,5-6,9H2,1-3H3,(H,17,19). The topological polar surface area (TPSA) is 32.3 Å². The molecule has 0 bridgehead atoms. The molecule has 3 nitrogen and oxygen atoms in total. The van der Waals surface area contributed by atoms with Crippen LogP contribution < -0.4 is 5.32 Å². The van der Waals surface area contributed by atoms with E-state index in [-0.39, 0.29) is 5.91 Å². The first-order valence-corrected chi connectivity index (χ1v) is 7.54. The molecule has 0 heterocycles. The van der Waals surface area contributed by atoms with Crippen LogP contribution in [0.15, 0.2) is 22.7 Å². The number of rotatable bonds is 5. The molecule has 1 N–H and O–H groups in total. The van der Waals surface area contributed by atoms with Gasteiger partial charge in [0.1, 0.15) is 0 Å². The van der Waals surface area contributed by atoms with Gasteiger partial charge in [-0.3, -0.25) is 9.69 Å². The minimum atomic E-state index is -0.00776. The van der Waals surface area contributed by atoms with Gasteiger partial charge in [-0.25, -0.2) is 0 Å². The lowest BCUT2D eigenvalue weighted by molar-refractivity contribution is 0.0938. The molecular weight excluding hydrogens is 304 g/mol. The fourth-order valence-electron chi connectivity index (χ4n) is 2.13. The molecule has 1 amide bonds. The summed E-state index contributed by atoms with van der Waals surface area (Å²) in [5.74, 6) is -0.00776. The lowest BCUT2D eigenvalue weighted by Crippen LogP contribution is -2.41. The summed E-state index contributed by atoms with van der Waals surface area (Å²) >= 11 is 3.43. The van der Waals surface area contributed by atoms with Gasteiger partial charge in [-0.05, 0) is 61.8 Å².